The fourth-order valence-electron chi connectivity index (χ4n) is 1.12. The molecule has 1 N–H and O–H groups in total. The van der Waals surface area contributed by atoms with Crippen molar-refractivity contribution in [3.8, 4) is 0 Å². The maximum atomic E-state index is 11.5. The van der Waals surface area contributed by atoms with E-state index in [0.717, 1.165) is 6.42 Å². The molecule has 0 saturated carbocycles. The standard InChI is InChI=1S/C12H12O4/c1-2-3-8-16-12(15)10-7-5-4-6-9(10)11(13)14/h3-8H,2H2,1H3,(H,13,14). The molecule has 1 aromatic carbocycles. The van der Waals surface area contributed by atoms with Gasteiger partial charge in [-0.25, -0.2) is 9.59 Å². The molecule has 0 aliphatic carbocycles. The Morgan fingerprint density at radius 1 is 1.31 bits per heavy atom. The molecule has 0 radical (unpaired) electrons. The van der Waals surface area contributed by atoms with E-state index in [9.17, 15) is 9.59 Å². The van der Waals surface area contributed by atoms with Gasteiger partial charge >= 0.3 is 11.9 Å². The maximum Gasteiger partial charge on any atom is 0.343 e. The van der Waals surface area contributed by atoms with E-state index in [1.54, 1.807) is 18.2 Å². The van der Waals surface area contributed by atoms with Gasteiger partial charge in [0.1, 0.15) is 0 Å². The van der Waals surface area contributed by atoms with Crippen molar-refractivity contribution in [2.45, 2.75) is 13.3 Å². The van der Waals surface area contributed by atoms with Crippen LogP contribution in [0.1, 0.15) is 34.1 Å². The fraction of sp³-hybridized carbons (Fsp3) is 0.167. The van der Waals surface area contributed by atoms with Crippen LogP contribution < -0.4 is 0 Å². The Bertz CT molecular complexity index is 421. The van der Waals surface area contributed by atoms with E-state index >= 15 is 0 Å². The molecule has 16 heavy (non-hydrogen) atoms. The number of benzene rings is 1. The van der Waals surface area contributed by atoms with E-state index in [2.05, 4.69) is 0 Å². The minimum absolute atomic E-state index is 0.0516. The average Bonchev–Trinajstić information content (AvgIpc) is 2.29. The Balaban J connectivity index is 2.90. The van der Waals surface area contributed by atoms with Crippen LogP contribution in [0.2, 0.25) is 0 Å². The number of hydrogen-bond acceptors (Lipinski definition) is 3. The fourth-order valence-corrected chi connectivity index (χ4v) is 1.12. The molecule has 0 heterocycles. The zero-order valence-electron chi connectivity index (χ0n) is 8.84. The maximum absolute atomic E-state index is 11.5. The van der Waals surface area contributed by atoms with Gasteiger partial charge in [0, 0.05) is 0 Å². The van der Waals surface area contributed by atoms with E-state index in [0.29, 0.717) is 0 Å². The summed E-state index contributed by atoms with van der Waals surface area (Å²) in [5, 5.41) is 8.86. The van der Waals surface area contributed by atoms with Crippen molar-refractivity contribution >= 4 is 11.9 Å². The van der Waals surface area contributed by atoms with Crippen molar-refractivity contribution < 1.29 is 19.4 Å². The number of carbonyl (C=O) groups excluding carboxylic acids is 1. The number of esters is 1. The van der Waals surface area contributed by atoms with Crippen LogP contribution in [0.25, 0.3) is 0 Å². The van der Waals surface area contributed by atoms with E-state index in [1.807, 2.05) is 6.92 Å². The molecule has 4 nitrogen and oxygen atoms in total. The second-order valence-corrected chi connectivity index (χ2v) is 3.04. The van der Waals surface area contributed by atoms with Crippen molar-refractivity contribution in [1.29, 1.82) is 0 Å². The Morgan fingerprint density at radius 2 is 1.94 bits per heavy atom. The number of carboxylic acid groups (broad SMARTS) is 1. The lowest BCUT2D eigenvalue weighted by molar-refractivity contribution is 0.0631. The molecule has 4 heteroatoms. The summed E-state index contributed by atoms with van der Waals surface area (Å²) in [6.45, 7) is 1.90. The summed E-state index contributed by atoms with van der Waals surface area (Å²) in [6, 6.07) is 5.93. The zero-order valence-corrected chi connectivity index (χ0v) is 8.84. The van der Waals surface area contributed by atoms with Crippen LogP contribution in [0.5, 0.6) is 0 Å². The minimum atomic E-state index is -1.15. The molecule has 0 bridgehead atoms. The van der Waals surface area contributed by atoms with Crippen LogP contribution in [0.3, 0.4) is 0 Å². The summed E-state index contributed by atoms with van der Waals surface area (Å²) in [7, 11) is 0. The SMILES string of the molecule is CCC=COC(=O)c1ccccc1C(=O)O. The van der Waals surface area contributed by atoms with Gasteiger partial charge in [0.25, 0.3) is 0 Å². The number of ether oxygens (including phenoxy) is 1. The smallest absolute Gasteiger partial charge is 0.343 e. The van der Waals surface area contributed by atoms with Gasteiger partial charge in [-0.1, -0.05) is 19.1 Å². The van der Waals surface area contributed by atoms with Gasteiger partial charge in [0.15, 0.2) is 0 Å². The van der Waals surface area contributed by atoms with E-state index in [-0.39, 0.29) is 11.1 Å². The quantitative estimate of drug-likeness (QED) is 0.625. The zero-order chi connectivity index (χ0) is 12.0. The molecule has 0 atom stereocenters. The first-order valence-corrected chi connectivity index (χ1v) is 4.85. The highest BCUT2D eigenvalue weighted by molar-refractivity contribution is 6.02. The number of carbonyl (C=O) groups is 2. The largest absolute Gasteiger partial charge is 0.478 e. The van der Waals surface area contributed by atoms with Gasteiger partial charge in [-0.15, -0.1) is 0 Å². The van der Waals surface area contributed by atoms with Crippen LogP contribution in [0, 0.1) is 0 Å². The second kappa shape index (κ2) is 5.70. The predicted molar refractivity (Wildman–Crippen MR) is 58.2 cm³/mol. The number of aromatic carboxylic acids is 1. The highest BCUT2D eigenvalue weighted by atomic mass is 16.5. The van der Waals surface area contributed by atoms with Gasteiger partial charge in [-0.3, -0.25) is 0 Å². The lowest BCUT2D eigenvalue weighted by Crippen LogP contribution is -2.09. The minimum Gasteiger partial charge on any atom is -0.478 e. The molecule has 0 aliphatic heterocycles. The summed E-state index contributed by atoms with van der Waals surface area (Å²) in [5.41, 5.74) is -0.00634. The Labute approximate surface area is 93.2 Å². The molecule has 0 fully saturated rings. The monoisotopic (exact) mass is 220 g/mol. The van der Waals surface area contributed by atoms with Gasteiger partial charge in [-0.2, -0.15) is 0 Å². The van der Waals surface area contributed by atoms with Crippen LogP contribution >= 0.6 is 0 Å². The van der Waals surface area contributed by atoms with E-state index < -0.39 is 11.9 Å². The first-order valence-electron chi connectivity index (χ1n) is 4.85. The van der Waals surface area contributed by atoms with Gasteiger partial charge in [0.05, 0.1) is 17.4 Å². The van der Waals surface area contributed by atoms with Crippen molar-refractivity contribution in [3.05, 3.63) is 47.7 Å². The highest BCUT2D eigenvalue weighted by Crippen LogP contribution is 2.10. The normalized spacial score (nSPS) is 10.3. The molecule has 0 spiro atoms. The van der Waals surface area contributed by atoms with Gasteiger partial charge in [-0.05, 0) is 24.6 Å². The van der Waals surface area contributed by atoms with E-state index in [1.165, 1.54) is 18.4 Å². The Hall–Kier alpha value is -2.10. The number of carboxylic acids is 1. The van der Waals surface area contributed by atoms with Crippen LogP contribution in [-0.4, -0.2) is 17.0 Å². The third-order valence-corrected chi connectivity index (χ3v) is 1.88. The number of rotatable bonds is 4. The first kappa shape index (κ1) is 12.0. The molecule has 1 rings (SSSR count). The third kappa shape index (κ3) is 2.95. The van der Waals surface area contributed by atoms with Crippen LogP contribution in [0.15, 0.2) is 36.6 Å². The Morgan fingerprint density at radius 3 is 2.50 bits per heavy atom. The Kier molecular flexibility index (Phi) is 4.27. The van der Waals surface area contributed by atoms with Crippen molar-refractivity contribution in [2.24, 2.45) is 0 Å². The predicted octanol–water partition coefficient (Wildman–Crippen LogP) is 2.47. The molecular weight excluding hydrogens is 208 g/mol. The molecule has 0 unspecified atom stereocenters. The second-order valence-electron chi connectivity index (χ2n) is 3.04. The highest BCUT2D eigenvalue weighted by Gasteiger charge is 2.15. The number of allylic oxidation sites excluding steroid dienone is 1. The first-order chi connectivity index (χ1) is 7.66. The summed E-state index contributed by atoms with van der Waals surface area (Å²) in [6.07, 6.45) is 3.68. The summed E-state index contributed by atoms with van der Waals surface area (Å²) in [5.74, 6) is -1.81. The molecule has 1 aromatic rings. The van der Waals surface area contributed by atoms with Gasteiger partial charge < -0.3 is 9.84 Å². The molecule has 0 amide bonds. The van der Waals surface area contributed by atoms with Crippen molar-refractivity contribution in [2.75, 3.05) is 0 Å². The number of hydrogen-bond donors (Lipinski definition) is 1. The molecule has 0 aromatic heterocycles. The molecular formula is C12H12O4. The van der Waals surface area contributed by atoms with Crippen molar-refractivity contribution in [1.82, 2.24) is 0 Å². The van der Waals surface area contributed by atoms with Crippen LogP contribution in [0.4, 0.5) is 0 Å². The third-order valence-electron chi connectivity index (χ3n) is 1.88. The summed E-state index contributed by atoms with van der Waals surface area (Å²) < 4.78 is 4.78. The molecule has 0 saturated heterocycles. The van der Waals surface area contributed by atoms with E-state index in [4.69, 9.17) is 9.84 Å². The lowest BCUT2D eigenvalue weighted by atomic mass is 10.1. The molecule has 0 aliphatic rings. The summed E-state index contributed by atoms with van der Waals surface area (Å²) in [4.78, 5) is 22.3. The van der Waals surface area contributed by atoms with Gasteiger partial charge in [0.2, 0.25) is 0 Å². The molecule has 84 valence electrons. The lowest BCUT2D eigenvalue weighted by Gasteiger charge is -2.02. The average molecular weight is 220 g/mol. The topological polar surface area (TPSA) is 63.6 Å². The summed E-state index contributed by atoms with van der Waals surface area (Å²) >= 11 is 0. The van der Waals surface area contributed by atoms with Crippen molar-refractivity contribution in [3.63, 3.8) is 0 Å². The van der Waals surface area contributed by atoms with Crippen LogP contribution in [-0.2, 0) is 4.74 Å².